The molecule has 1 aromatic rings. The van der Waals surface area contributed by atoms with Gasteiger partial charge in [-0.05, 0) is 61.9 Å². The summed E-state index contributed by atoms with van der Waals surface area (Å²) in [5.74, 6) is -0.204. The van der Waals surface area contributed by atoms with Gasteiger partial charge in [0.05, 0.1) is 5.60 Å². The molecule has 2 aliphatic rings. The Morgan fingerprint density at radius 3 is 2.79 bits per heavy atom. The third kappa shape index (κ3) is 1.83. The number of aliphatic hydroxyl groups is 1. The molecule has 0 aromatic heterocycles. The Morgan fingerprint density at radius 1 is 1.21 bits per heavy atom. The minimum absolute atomic E-state index is 0.204. The van der Waals surface area contributed by atoms with E-state index in [-0.39, 0.29) is 11.2 Å². The lowest BCUT2D eigenvalue weighted by Gasteiger charge is -2.54. The van der Waals surface area contributed by atoms with Gasteiger partial charge in [-0.2, -0.15) is 0 Å². The van der Waals surface area contributed by atoms with E-state index in [0.717, 1.165) is 50.5 Å². The molecule has 104 valence electrons. The summed E-state index contributed by atoms with van der Waals surface area (Å²) in [6.07, 6.45) is 6.29. The zero-order valence-corrected chi connectivity index (χ0v) is 11.3. The maximum absolute atomic E-state index is 13.7. The highest BCUT2D eigenvalue weighted by molar-refractivity contribution is 5.42. The first kappa shape index (κ1) is 13.1. The molecule has 0 amide bonds. The van der Waals surface area contributed by atoms with Gasteiger partial charge < -0.3 is 10.8 Å². The summed E-state index contributed by atoms with van der Waals surface area (Å²) in [6.45, 7) is 0.540. The zero-order valence-electron chi connectivity index (χ0n) is 11.3. The van der Waals surface area contributed by atoms with Crippen molar-refractivity contribution in [3.05, 3.63) is 35.1 Å². The lowest BCUT2D eigenvalue weighted by molar-refractivity contribution is -0.0863. The van der Waals surface area contributed by atoms with Crippen LogP contribution in [-0.4, -0.2) is 17.3 Å². The molecule has 2 unspecified atom stereocenters. The van der Waals surface area contributed by atoms with E-state index in [9.17, 15) is 9.50 Å². The molecule has 2 atom stereocenters. The fourth-order valence-corrected chi connectivity index (χ4v) is 4.36. The molecular weight excluding hydrogens is 241 g/mol. The molecule has 1 aromatic carbocycles. The Labute approximate surface area is 113 Å². The lowest BCUT2D eigenvalue weighted by Crippen LogP contribution is -2.57. The van der Waals surface area contributed by atoms with E-state index in [2.05, 4.69) is 0 Å². The minimum Gasteiger partial charge on any atom is -0.389 e. The minimum atomic E-state index is -0.689. The van der Waals surface area contributed by atoms with Crippen LogP contribution in [0.2, 0.25) is 0 Å². The Morgan fingerprint density at radius 2 is 2.00 bits per heavy atom. The average Bonchev–Trinajstić information content (AvgIpc) is 2.40. The van der Waals surface area contributed by atoms with Crippen molar-refractivity contribution in [2.45, 2.75) is 56.0 Å². The van der Waals surface area contributed by atoms with E-state index in [0.29, 0.717) is 6.54 Å². The molecule has 19 heavy (non-hydrogen) atoms. The number of rotatable bonds is 2. The molecule has 1 fully saturated rings. The maximum Gasteiger partial charge on any atom is 0.123 e. The molecule has 0 aliphatic heterocycles. The van der Waals surface area contributed by atoms with Crippen LogP contribution < -0.4 is 5.73 Å². The Hall–Kier alpha value is -0.930. The summed E-state index contributed by atoms with van der Waals surface area (Å²) in [7, 11) is 0. The van der Waals surface area contributed by atoms with Crippen LogP contribution in [0.25, 0.3) is 0 Å². The van der Waals surface area contributed by atoms with Gasteiger partial charge in [0.2, 0.25) is 0 Å². The third-order valence-corrected chi connectivity index (χ3v) is 5.30. The molecule has 0 spiro atoms. The Bertz CT molecular complexity index is 486. The van der Waals surface area contributed by atoms with Crippen molar-refractivity contribution in [2.75, 3.05) is 6.54 Å². The predicted octanol–water partition coefficient (Wildman–Crippen LogP) is 2.66. The third-order valence-electron chi connectivity index (χ3n) is 5.30. The van der Waals surface area contributed by atoms with Gasteiger partial charge in [-0.15, -0.1) is 0 Å². The van der Waals surface area contributed by atoms with Gasteiger partial charge in [0.25, 0.3) is 0 Å². The van der Waals surface area contributed by atoms with E-state index >= 15 is 0 Å². The monoisotopic (exact) mass is 263 g/mol. The SMILES string of the molecule is NCCC12CCCCC1(O)CCc1ccc(F)cc12. The molecule has 0 bridgehead atoms. The summed E-state index contributed by atoms with van der Waals surface area (Å²) in [5, 5.41) is 11.1. The van der Waals surface area contributed by atoms with Crippen molar-refractivity contribution >= 4 is 0 Å². The molecule has 1 saturated carbocycles. The van der Waals surface area contributed by atoms with Crippen molar-refractivity contribution in [2.24, 2.45) is 5.73 Å². The molecule has 0 heterocycles. The van der Waals surface area contributed by atoms with Crippen LogP contribution >= 0.6 is 0 Å². The summed E-state index contributed by atoms with van der Waals surface area (Å²) < 4.78 is 13.7. The van der Waals surface area contributed by atoms with Crippen LogP contribution in [0.15, 0.2) is 18.2 Å². The number of hydrogen-bond acceptors (Lipinski definition) is 2. The zero-order chi connectivity index (χ0) is 13.5. The largest absolute Gasteiger partial charge is 0.389 e. The average molecular weight is 263 g/mol. The van der Waals surface area contributed by atoms with Gasteiger partial charge in [0.15, 0.2) is 0 Å². The van der Waals surface area contributed by atoms with Gasteiger partial charge in [-0.25, -0.2) is 4.39 Å². The van der Waals surface area contributed by atoms with Crippen molar-refractivity contribution in [3.63, 3.8) is 0 Å². The summed E-state index contributed by atoms with van der Waals surface area (Å²) in [6, 6.07) is 5.06. The molecule has 0 radical (unpaired) electrons. The molecule has 3 N–H and O–H groups in total. The fourth-order valence-electron chi connectivity index (χ4n) is 4.36. The highest BCUT2D eigenvalue weighted by Crippen LogP contribution is 2.54. The number of nitrogens with two attached hydrogens (primary N) is 1. The summed E-state index contributed by atoms with van der Waals surface area (Å²) >= 11 is 0. The molecule has 3 rings (SSSR count). The van der Waals surface area contributed by atoms with Crippen molar-refractivity contribution < 1.29 is 9.50 Å². The molecule has 3 heteroatoms. The first-order chi connectivity index (χ1) is 9.11. The van der Waals surface area contributed by atoms with Crippen LogP contribution in [-0.2, 0) is 11.8 Å². The quantitative estimate of drug-likeness (QED) is 0.861. The Kier molecular flexibility index (Phi) is 3.14. The highest BCUT2D eigenvalue weighted by Gasteiger charge is 2.54. The number of hydrogen-bond donors (Lipinski definition) is 2. The normalized spacial score (nSPS) is 33.6. The van der Waals surface area contributed by atoms with Crippen molar-refractivity contribution in [1.82, 2.24) is 0 Å². The van der Waals surface area contributed by atoms with Crippen LogP contribution in [0.5, 0.6) is 0 Å². The van der Waals surface area contributed by atoms with E-state index in [1.54, 1.807) is 6.07 Å². The second-order valence-corrected chi connectivity index (χ2v) is 6.16. The van der Waals surface area contributed by atoms with Crippen molar-refractivity contribution in [1.29, 1.82) is 0 Å². The van der Waals surface area contributed by atoms with Crippen LogP contribution in [0.3, 0.4) is 0 Å². The van der Waals surface area contributed by atoms with E-state index in [1.807, 2.05) is 6.07 Å². The van der Waals surface area contributed by atoms with Gasteiger partial charge >= 0.3 is 0 Å². The predicted molar refractivity (Wildman–Crippen MR) is 73.5 cm³/mol. The first-order valence-electron chi connectivity index (χ1n) is 7.33. The first-order valence-corrected chi connectivity index (χ1v) is 7.33. The summed E-state index contributed by atoms with van der Waals surface area (Å²) in [5.41, 5.74) is 7.01. The molecular formula is C16H22FNO. The summed E-state index contributed by atoms with van der Waals surface area (Å²) in [4.78, 5) is 0. The van der Waals surface area contributed by atoms with Gasteiger partial charge in [0.1, 0.15) is 5.82 Å². The second kappa shape index (κ2) is 4.57. The van der Waals surface area contributed by atoms with Gasteiger partial charge in [-0.1, -0.05) is 18.9 Å². The van der Waals surface area contributed by atoms with E-state index in [4.69, 9.17) is 5.73 Å². The van der Waals surface area contributed by atoms with Crippen LogP contribution in [0.1, 0.15) is 49.7 Å². The van der Waals surface area contributed by atoms with Crippen LogP contribution in [0, 0.1) is 5.82 Å². The topological polar surface area (TPSA) is 46.2 Å². The van der Waals surface area contributed by atoms with Gasteiger partial charge in [-0.3, -0.25) is 0 Å². The molecule has 2 aliphatic carbocycles. The number of halogens is 1. The van der Waals surface area contributed by atoms with Gasteiger partial charge in [0, 0.05) is 5.41 Å². The number of aryl methyl sites for hydroxylation is 1. The van der Waals surface area contributed by atoms with Crippen molar-refractivity contribution in [3.8, 4) is 0 Å². The lowest BCUT2D eigenvalue weighted by atomic mass is 9.53. The number of fused-ring (bicyclic) bond motifs is 3. The highest BCUT2D eigenvalue weighted by atomic mass is 19.1. The standard InChI is InChI=1S/C16H22FNO/c17-13-4-3-12-5-8-16(19)7-2-1-6-15(16,9-10-18)14(12)11-13/h3-4,11,19H,1-2,5-10,18H2. The molecule has 2 nitrogen and oxygen atoms in total. The van der Waals surface area contributed by atoms with E-state index < -0.39 is 5.60 Å². The Balaban J connectivity index is 2.17. The smallest absolute Gasteiger partial charge is 0.123 e. The number of benzene rings is 1. The van der Waals surface area contributed by atoms with E-state index in [1.165, 1.54) is 11.6 Å². The fraction of sp³-hybridized carbons (Fsp3) is 0.625. The van der Waals surface area contributed by atoms with Crippen LogP contribution in [0.4, 0.5) is 4.39 Å². The maximum atomic E-state index is 13.7. The molecule has 0 saturated heterocycles. The second-order valence-electron chi connectivity index (χ2n) is 6.16.